The SMILES string of the molecule is CN(CCO)c1ccc(-n2ccn(-c3ccc(OC4CCCC4)cc3)c2=O)cc1. The maximum atomic E-state index is 12.9. The van der Waals surface area contributed by atoms with Crippen molar-refractivity contribution in [1.82, 2.24) is 9.13 Å². The molecule has 6 heteroatoms. The molecule has 1 saturated carbocycles. The minimum absolute atomic E-state index is 0.102. The van der Waals surface area contributed by atoms with Gasteiger partial charge in [-0.15, -0.1) is 0 Å². The number of benzene rings is 2. The van der Waals surface area contributed by atoms with E-state index in [0.29, 0.717) is 12.6 Å². The van der Waals surface area contributed by atoms with Crippen LogP contribution < -0.4 is 15.3 Å². The quantitative estimate of drug-likeness (QED) is 0.669. The van der Waals surface area contributed by atoms with Crippen LogP contribution in [0.5, 0.6) is 5.75 Å². The number of rotatable bonds is 7. The van der Waals surface area contributed by atoms with E-state index >= 15 is 0 Å². The first kappa shape index (κ1) is 19.3. The Kier molecular flexibility index (Phi) is 5.71. The van der Waals surface area contributed by atoms with E-state index in [2.05, 4.69) is 0 Å². The van der Waals surface area contributed by atoms with Gasteiger partial charge in [-0.1, -0.05) is 0 Å². The van der Waals surface area contributed by atoms with Gasteiger partial charge in [-0.3, -0.25) is 9.13 Å². The molecule has 0 bridgehead atoms. The lowest BCUT2D eigenvalue weighted by Crippen LogP contribution is -2.22. The van der Waals surface area contributed by atoms with Gasteiger partial charge in [0, 0.05) is 31.7 Å². The smallest absolute Gasteiger partial charge is 0.337 e. The Morgan fingerprint density at radius 1 is 0.966 bits per heavy atom. The molecule has 0 atom stereocenters. The first-order chi connectivity index (χ1) is 14.2. The summed E-state index contributed by atoms with van der Waals surface area (Å²) in [6, 6.07) is 15.4. The molecule has 4 rings (SSSR count). The van der Waals surface area contributed by atoms with Crippen LogP contribution in [0, 0.1) is 0 Å². The fourth-order valence-electron chi connectivity index (χ4n) is 3.80. The van der Waals surface area contributed by atoms with Gasteiger partial charge in [0.25, 0.3) is 0 Å². The zero-order valence-corrected chi connectivity index (χ0v) is 16.7. The molecule has 1 heterocycles. The number of likely N-dealkylation sites (N-methyl/N-ethyl adjacent to an activating group) is 1. The van der Waals surface area contributed by atoms with Crippen LogP contribution in [0.15, 0.2) is 65.7 Å². The van der Waals surface area contributed by atoms with E-state index in [9.17, 15) is 4.79 Å². The number of anilines is 1. The van der Waals surface area contributed by atoms with Crippen LogP contribution in [0.1, 0.15) is 25.7 Å². The van der Waals surface area contributed by atoms with Gasteiger partial charge in [0.15, 0.2) is 0 Å². The molecule has 1 fully saturated rings. The van der Waals surface area contributed by atoms with Gasteiger partial charge in [0.2, 0.25) is 0 Å². The molecule has 0 aliphatic heterocycles. The van der Waals surface area contributed by atoms with Gasteiger partial charge in [-0.2, -0.15) is 0 Å². The maximum absolute atomic E-state index is 12.9. The summed E-state index contributed by atoms with van der Waals surface area (Å²) in [5, 5.41) is 9.07. The summed E-state index contributed by atoms with van der Waals surface area (Å²) in [6.45, 7) is 0.668. The number of nitrogens with zero attached hydrogens (tertiary/aromatic N) is 3. The highest BCUT2D eigenvalue weighted by Gasteiger charge is 2.16. The second-order valence-corrected chi connectivity index (χ2v) is 7.50. The highest BCUT2D eigenvalue weighted by molar-refractivity contribution is 5.50. The van der Waals surface area contributed by atoms with Crippen LogP contribution in [0.4, 0.5) is 5.69 Å². The summed E-state index contributed by atoms with van der Waals surface area (Å²) in [5.41, 5.74) is 2.49. The average molecular weight is 393 g/mol. The number of hydrogen-bond acceptors (Lipinski definition) is 4. The highest BCUT2D eigenvalue weighted by atomic mass is 16.5. The Morgan fingerprint density at radius 3 is 2.07 bits per heavy atom. The predicted molar refractivity (Wildman–Crippen MR) is 115 cm³/mol. The van der Waals surface area contributed by atoms with Crippen molar-refractivity contribution in [2.75, 3.05) is 25.1 Å². The van der Waals surface area contributed by atoms with E-state index in [4.69, 9.17) is 9.84 Å². The molecule has 1 aliphatic carbocycles. The van der Waals surface area contributed by atoms with Crippen molar-refractivity contribution < 1.29 is 9.84 Å². The third-order valence-corrected chi connectivity index (χ3v) is 5.50. The van der Waals surface area contributed by atoms with Gasteiger partial charge in [-0.05, 0) is 74.2 Å². The average Bonchev–Trinajstić information content (AvgIpc) is 3.39. The zero-order valence-electron chi connectivity index (χ0n) is 16.7. The minimum Gasteiger partial charge on any atom is -0.490 e. The lowest BCUT2D eigenvalue weighted by atomic mass is 10.2. The van der Waals surface area contributed by atoms with Crippen molar-refractivity contribution in [3.8, 4) is 17.1 Å². The Labute approximate surface area is 170 Å². The molecule has 3 aromatic rings. The topological polar surface area (TPSA) is 59.6 Å². The van der Waals surface area contributed by atoms with Crippen molar-refractivity contribution in [3.63, 3.8) is 0 Å². The Balaban J connectivity index is 1.51. The molecule has 29 heavy (non-hydrogen) atoms. The van der Waals surface area contributed by atoms with Gasteiger partial charge in [0.1, 0.15) is 5.75 Å². The molecule has 152 valence electrons. The van der Waals surface area contributed by atoms with Crippen molar-refractivity contribution >= 4 is 5.69 Å². The number of aliphatic hydroxyl groups excluding tert-OH is 1. The molecule has 1 aromatic heterocycles. The normalized spacial score (nSPS) is 14.3. The molecule has 0 saturated heterocycles. The predicted octanol–water partition coefficient (Wildman–Crippen LogP) is 3.38. The van der Waals surface area contributed by atoms with Crippen molar-refractivity contribution in [3.05, 3.63) is 71.4 Å². The molecule has 2 aromatic carbocycles. The van der Waals surface area contributed by atoms with E-state index in [1.807, 2.05) is 60.5 Å². The van der Waals surface area contributed by atoms with Gasteiger partial charge in [-0.25, -0.2) is 4.79 Å². The Hall–Kier alpha value is -2.99. The van der Waals surface area contributed by atoms with Gasteiger partial charge >= 0.3 is 5.69 Å². The van der Waals surface area contributed by atoms with Crippen LogP contribution in [-0.2, 0) is 0 Å². The molecular weight excluding hydrogens is 366 g/mol. The molecule has 0 spiro atoms. The monoisotopic (exact) mass is 393 g/mol. The number of ether oxygens (including phenoxy) is 1. The minimum atomic E-state index is -0.120. The molecule has 1 aliphatic rings. The lowest BCUT2D eigenvalue weighted by Gasteiger charge is -2.18. The summed E-state index contributed by atoms with van der Waals surface area (Å²) >= 11 is 0. The van der Waals surface area contributed by atoms with E-state index in [-0.39, 0.29) is 12.3 Å². The summed E-state index contributed by atoms with van der Waals surface area (Å²) < 4.78 is 9.26. The first-order valence-electron chi connectivity index (χ1n) is 10.2. The Bertz CT molecular complexity index is 983. The molecule has 0 amide bonds. The van der Waals surface area contributed by atoms with Crippen LogP contribution >= 0.6 is 0 Å². The largest absolute Gasteiger partial charge is 0.490 e. The summed E-state index contributed by atoms with van der Waals surface area (Å²) in [7, 11) is 1.92. The molecule has 0 radical (unpaired) electrons. The van der Waals surface area contributed by atoms with E-state index in [0.717, 1.165) is 35.7 Å². The molecular formula is C23H27N3O3. The van der Waals surface area contributed by atoms with Crippen molar-refractivity contribution in [2.24, 2.45) is 0 Å². The highest BCUT2D eigenvalue weighted by Crippen LogP contribution is 2.24. The van der Waals surface area contributed by atoms with E-state index < -0.39 is 0 Å². The molecule has 6 nitrogen and oxygen atoms in total. The summed E-state index contributed by atoms with van der Waals surface area (Å²) in [4.78, 5) is 14.9. The van der Waals surface area contributed by atoms with Crippen LogP contribution in [-0.4, -0.2) is 40.5 Å². The number of imidazole rings is 1. The van der Waals surface area contributed by atoms with Gasteiger partial charge in [0.05, 0.1) is 24.1 Å². The fourth-order valence-corrected chi connectivity index (χ4v) is 3.80. The number of aliphatic hydroxyl groups is 1. The molecule has 0 unspecified atom stereocenters. The summed E-state index contributed by atoms with van der Waals surface area (Å²) in [5.74, 6) is 0.857. The van der Waals surface area contributed by atoms with Crippen LogP contribution in [0.25, 0.3) is 11.4 Å². The Morgan fingerprint density at radius 2 is 1.52 bits per heavy atom. The van der Waals surface area contributed by atoms with Crippen LogP contribution in [0.3, 0.4) is 0 Å². The molecule has 1 N–H and O–H groups in total. The van der Waals surface area contributed by atoms with Crippen LogP contribution in [0.2, 0.25) is 0 Å². The standard InChI is InChI=1S/C23H27N3O3/c1-24(16-17-27)18-6-8-19(9-7-18)25-14-15-26(23(25)28)20-10-12-22(13-11-20)29-21-4-2-3-5-21/h6-15,21,27H,2-5,16-17H2,1H3. The maximum Gasteiger partial charge on any atom is 0.337 e. The zero-order chi connectivity index (χ0) is 20.2. The second-order valence-electron chi connectivity index (χ2n) is 7.50. The second kappa shape index (κ2) is 8.57. The lowest BCUT2D eigenvalue weighted by molar-refractivity contribution is 0.210. The fraction of sp³-hybridized carbons (Fsp3) is 0.348. The van der Waals surface area contributed by atoms with E-state index in [1.54, 1.807) is 21.5 Å². The van der Waals surface area contributed by atoms with E-state index in [1.165, 1.54) is 12.8 Å². The van der Waals surface area contributed by atoms with Crippen molar-refractivity contribution in [2.45, 2.75) is 31.8 Å². The third-order valence-electron chi connectivity index (χ3n) is 5.50. The van der Waals surface area contributed by atoms with Gasteiger partial charge < -0.3 is 14.7 Å². The van der Waals surface area contributed by atoms with Crippen molar-refractivity contribution in [1.29, 1.82) is 0 Å². The summed E-state index contributed by atoms with van der Waals surface area (Å²) in [6.07, 6.45) is 8.61. The first-order valence-corrected chi connectivity index (χ1v) is 10.2. The number of hydrogen-bond donors (Lipinski definition) is 1. The number of aromatic nitrogens is 2. The third kappa shape index (κ3) is 4.22.